The molecule has 0 aliphatic carbocycles. The highest BCUT2D eigenvalue weighted by molar-refractivity contribution is 7.98. The van der Waals surface area contributed by atoms with E-state index in [0.29, 0.717) is 5.69 Å². The number of nitrogens with one attached hydrogen (secondary N) is 1. The summed E-state index contributed by atoms with van der Waals surface area (Å²) in [6.45, 7) is 0.0405. The molecule has 0 bridgehead atoms. The molecule has 0 aromatic heterocycles. The van der Waals surface area contributed by atoms with Gasteiger partial charge in [0.25, 0.3) is 5.69 Å². The van der Waals surface area contributed by atoms with Crippen molar-refractivity contribution in [3.63, 3.8) is 0 Å². The SMILES string of the molecule is CNc1cc(CSc2ccc(CO)cc2)ccc1[N+](=O)[O-]. The van der Waals surface area contributed by atoms with Gasteiger partial charge in [0.05, 0.1) is 11.5 Å². The Morgan fingerprint density at radius 2 is 1.86 bits per heavy atom. The van der Waals surface area contributed by atoms with Gasteiger partial charge in [-0.2, -0.15) is 0 Å². The molecule has 0 fully saturated rings. The summed E-state index contributed by atoms with van der Waals surface area (Å²) < 4.78 is 0. The number of nitrogens with zero attached hydrogens (tertiary/aromatic N) is 1. The summed E-state index contributed by atoms with van der Waals surface area (Å²) in [5.74, 6) is 0.727. The maximum atomic E-state index is 10.9. The smallest absolute Gasteiger partial charge is 0.292 e. The van der Waals surface area contributed by atoms with E-state index in [4.69, 9.17) is 5.11 Å². The number of thioether (sulfide) groups is 1. The first-order chi connectivity index (χ1) is 10.1. The van der Waals surface area contributed by atoms with E-state index in [2.05, 4.69) is 5.32 Å². The Balaban J connectivity index is 2.07. The Morgan fingerprint density at radius 1 is 1.19 bits per heavy atom. The number of anilines is 1. The van der Waals surface area contributed by atoms with Crippen molar-refractivity contribution in [1.29, 1.82) is 0 Å². The molecule has 5 nitrogen and oxygen atoms in total. The molecule has 0 spiro atoms. The number of aliphatic hydroxyl groups excluding tert-OH is 1. The van der Waals surface area contributed by atoms with Crippen LogP contribution in [0.1, 0.15) is 11.1 Å². The molecule has 0 saturated carbocycles. The summed E-state index contributed by atoms with van der Waals surface area (Å²) in [5, 5.41) is 22.7. The average molecular weight is 304 g/mol. The summed E-state index contributed by atoms with van der Waals surface area (Å²) in [6, 6.07) is 12.8. The first-order valence-corrected chi connectivity index (χ1v) is 7.40. The molecule has 2 N–H and O–H groups in total. The zero-order valence-corrected chi connectivity index (χ0v) is 12.4. The molecule has 2 rings (SSSR count). The van der Waals surface area contributed by atoms with Gasteiger partial charge < -0.3 is 10.4 Å². The standard InChI is InChI=1S/C15H16N2O3S/c1-16-14-8-12(4-7-15(14)17(19)20)10-21-13-5-2-11(9-18)3-6-13/h2-8,16,18H,9-10H2,1H3. The Kier molecular flexibility index (Phi) is 5.19. The number of aliphatic hydroxyl groups is 1. The minimum Gasteiger partial charge on any atom is -0.392 e. The third-order valence-corrected chi connectivity index (χ3v) is 4.12. The zero-order chi connectivity index (χ0) is 15.2. The van der Waals surface area contributed by atoms with E-state index in [9.17, 15) is 10.1 Å². The van der Waals surface area contributed by atoms with Crippen LogP contribution in [-0.2, 0) is 12.4 Å². The zero-order valence-electron chi connectivity index (χ0n) is 11.6. The van der Waals surface area contributed by atoms with E-state index in [1.165, 1.54) is 6.07 Å². The molecule has 21 heavy (non-hydrogen) atoms. The second-order valence-electron chi connectivity index (χ2n) is 4.45. The first-order valence-electron chi connectivity index (χ1n) is 6.41. The fourth-order valence-corrected chi connectivity index (χ4v) is 2.73. The van der Waals surface area contributed by atoms with Crippen LogP contribution in [0.25, 0.3) is 0 Å². The minimum absolute atomic E-state index is 0.0405. The summed E-state index contributed by atoms with van der Waals surface area (Å²) in [6.07, 6.45) is 0. The van der Waals surface area contributed by atoms with E-state index in [0.717, 1.165) is 21.8 Å². The summed E-state index contributed by atoms with van der Waals surface area (Å²) in [4.78, 5) is 11.6. The summed E-state index contributed by atoms with van der Waals surface area (Å²) in [5.41, 5.74) is 2.50. The lowest BCUT2D eigenvalue weighted by molar-refractivity contribution is -0.383. The summed E-state index contributed by atoms with van der Waals surface area (Å²) in [7, 11) is 1.67. The van der Waals surface area contributed by atoms with Crippen LogP contribution < -0.4 is 5.32 Å². The van der Waals surface area contributed by atoms with Crippen LogP contribution >= 0.6 is 11.8 Å². The van der Waals surface area contributed by atoms with Gasteiger partial charge in [-0.25, -0.2) is 0 Å². The van der Waals surface area contributed by atoms with Crippen LogP contribution in [0.5, 0.6) is 0 Å². The van der Waals surface area contributed by atoms with Crippen LogP contribution in [0.3, 0.4) is 0 Å². The van der Waals surface area contributed by atoms with Gasteiger partial charge in [0.1, 0.15) is 5.69 Å². The summed E-state index contributed by atoms with van der Waals surface area (Å²) >= 11 is 1.65. The van der Waals surface area contributed by atoms with Gasteiger partial charge in [0.2, 0.25) is 0 Å². The van der Waals surface area contributed by atoms with Gasteiger partial charge in [-0.05, 0) is 29.3 Å². The van der Waals surface area contributed by atoms with Crippen LogP contribution in [0.15, 0.2) is 47.4 Å². The van der Waals surface area contributed by atoms with Crippen molar-refractivity contribution in [3.05, 3.63) is 63.7 Å². The number of rotatable bonds is 6. The first kappa shape index (κ1) is 15.3. The highest BCUT2D eigenvalue weighted by Crippen LogP contribution is 2.29. The molecule has 0 radical (unpaired) electrons. The topological polar surface area (TPSA) is 75.4 Å². The molecular weight excluding hydrogens is 288 g/mol. The van der Waals surface area contributed by atoms with Crippen LogP contribution in [0.4, 0.5) is 11.4 Å². The Labute approximate surface area is 127 Å². The van der Waals surface area contributed by atoms with Gasteiger partial charge in [-0.1, -0.05) is 18.2 Å². The van der Waals surface area contributed by atoms with Crippen LogP contribution in [0, 0.1) is 10.1 Å². The number of hydrogen-bond acceptors (Lipinski definition) is 5. The quantitative estimate of drug-likeness (QED) is 0.486. The van der Waals surface area contributed by atoms with Gasteiger partial charge in [-0.15, -0.1) is 11.8 Å². The van der Waals surface area contributed by atoms with E-state index < -0.39 is 4.92 Å². The second-order valence-corrected chi connectivity index (χ2v) is 5.50. The van der Waals surface area contributed by atoms with Crippen molar-refractivity contribution in [3.8, 4) is 0 Å². The highest BCUT2D eigenvalue weighted by Gasteiger charge is 2.12. The van der Waals surface area contributed by atoms with Crippen molar-refractivity contribution >= 4 is 23.1 Å². The molecule has 110 valence electrons. The fraction of sp³-hybridized carbons (Fsp3) is 0.200. The average Bonchev–Trinajstić information content (AvgIpc) is 2.52. The molecular formula is C15H16N2O3S. The number of benzene rings is 2. The molecule has 0 unspecified atom stereocenters. The lowest BCUT2D eigenvalue weighted by Crippen LogP contribution is -1.97. The highest BCUT2D eigenvalue weighted by atomic mass is 32.2. The molecule has 2 aromatic rings. The third-order valence-electron chi connectivity index (χ3n) is 3.04. The monoisotopic (exact) mass is 304 g/mol. The maximum Gasteiger partial charge on any atom is 0.292 e. The van der Waals surface area contributed by atoms with Gasteiger partial charge in [0, 0.05) is 23.8 Å². The van der Waals surface area contributed by atoms with Gasteiger partial charge in [-0.3, -0.25) is 10.1 Å². The number of nitro groups is 1. The van der Waals surface area contributed by atoms with Crippen molar-refractivity contribution in [2.75, 3.05) is 12.4 Å². The minimum atomic E-state index is -0.392. The third kappa shape index (κ3) is 3.96. The van der Waals surface area contributed by atoms with Crippen molar-refractivity contribution in [1.82, 2.24) is 0 Å². The number of hydrogen-bond donors (Lipinski definition) is 2. The van der Waals surface area contributed by atoms with Crippen LogP contribution in [0.2, 0.25) is 0 Å². The Morgan fingerprint density at radius 3 is 2.43 bits per heavy atom. The van der Waals surface area contributed by atoms with Crippen molar-refractivity contribution in [2.45, 2.75) is 17.3 Å². The van der Waals surface area contributed by atoms with Crippen molar-refractivity contribution < 1.29 is 10.0 Å². The van der Waals surface area contributed by atoms with E-state index in [1.54, 1.807) is 30.9 Å². The lowest BCUT2D eigenvalue weighted by atomic mass is 10.2. The van der Waals surface area contributed by atoms with Crippen LogP contribution in [-0.4, -0.2) is 17.1 Å². The molecule has 2 aromatic carbocycles. The molecule has 0 atom stereocenters. The molecule has 0 heterocycles. The van der Waals surface area contributed by atoms with Gasteiger partial charge in [0.15, 0.2) is 0 Å². The maximum absolute atomic E-state index is 10.9. The molecule has 0 aliphatic heterocycles. The van der Waals surface area contributed by atoms with E-state index >= 15 is 0 Å². The molecule has 0 amide bonds. The number of nitro benzene ring substituents is 1. The Bertz CT molecular complexity index is 629. The van der Waals surface area contributed by atoms with E-state index in [1.807, 2.05) is 24.3 Å². The van der Waals surface area contributed by atoms with Gasteiger partial charge >= 0.3 is 0 Å². The molecule has 0 aliphatic rings. The Hall–Kier alpha value is -2.05. The molecule has 0 saturated heterocycles. The molecule has 6 heteroatoms. The second kappa shape index (κ2) is 7.10. The predicted octanol–water partition coefficient (Wildman–Crippen LogP) is 3.42. The largest absolute Gasteiger partial charge is 0.392 e. The predicted molar refractivity (Wildman–Crippen MR) is 84.6 cm³/mol. The normalized spacial score (nSPS) is 10.4. The van der Waals surface area contributed by atoms with Crippen molar-refractivity contribution in [2.24, 2.45) is 0 Å². The fourth-order valence-electron chi connectivity index (χ4n) is 1.89. The van der Waals surface area contributed by atoms with E-state index in [-0.39, 0.29) is 12.3 Å². The lowest BCUT2D eigenvalue weighted by Gasteiger charge is -2.06.